The first-order valence-corrected chi connectivity index (χ1v) is 7.65. The molecule has 1 fully saturated rings. The van der Waals surface area contributed by atoms with Gasteiger partial charge in [-0.15, -0.1) is 0 Å². The number of aryl methyl sites for hydroxylation is 1. The van der Waals surface area contributed by atoms with Gasteiger partial charge >= 0.3 is 0 Å². The van der Waals surface area contributed by atoms with Crippen LogP contribution >= 0.6 is 0 Å². The molecule has 2 amide bonds. The number of hydrogen-bond acceptors (Lipinski definition) is 3. The molecule has 1 aromatic carbocycles. The van der Waals surface area contributed by atoms with Crippen LogP contribution < -0.4 is 5.32 Å². The van der Waals surface area contributed by atoms with Gasteiger partial charge in [-0.25, -0.2) is 8.78 Å². The molecule has 126 valence electrons. The third-order valence-corrected chi connectivity index (χ3v) is 4.07. The van der Waals surface area contributed by atoms with Gasteiger partial charge in [0.15, 0.2) is 0 Å². The fraction of sp³-hybridized carbons (Fsp3) is 0.353. The van der Waals surface area contributed by atoms with E-state index in [0.717, 1.165) is 10.5 Å². The second-order valence-corrected chi connectivity index (χ2v) is 5.98. The Morgan fingerprint density at radius 1 is 1.33 bits per heavy atom. The second-order valence-electron chi connectivity index (χ2n) is 5.98. The number of likely N-dealkylation sites (tertiary alicyclic amines) is 1. The maximum absolute atomic E-state index is 13.1. The molecule has 3 rings (SSSR count). The Balaban J connectivity index is 1.69. The van der Waals surface area contributed by atoms with Gasteiger partial charge in [-0.05, 0) is 24.6 Å². The molecule has 1 N–H and O–H groups in total. The van der Waals surface area contributed by atoms with Crippen molar-refractivity contribution < 1.29 is 18.4 Å². The molecule has 1 aliphatic rings. The van der Waals surface area contributed by atoms with Crippen LogP contribution in [0.15, 0.2) is 30.5 Å². The van der Waals surface area contributed by atoms with E-state index in [-0.39, 0.29) is 19.5 Å². The van der Waals surface area contributed by atoms with E-state index in [1.807, 2.05) is 19.1 Å². The number of benzene rings is 1. The quantitative estimate of drug-likeness (QED) is 0.936. The first kappa shape index (κ1) is 16.3. The monoisotopic (exact) mass is 333 g/mol. The van der Waals surface area contributed by atoms with Gasteiger partial charge in [0, 0.05) is 24.5 Å². The lowest BCUT2D eigenvalue weighted by Gasteiger charge is -2.16. The average molecular weight is 333 g/mol. The first-order valence-electron chi connectivity index (χ1n) is 7.65. The van der Waals surface area contributed by atoms with Crippen LogP contribution in [0.1, 0.15) is 22.3 Å². The van der Waals surface area contributed by atoms with Gasteiger partial charge < -0.3 is 10.2 Å². The Labute approximate surface area is 137 Å². The minimum atomic E-state index is -2.83. The summed E-state index contributed by atoms with van der Waals surface area (Å²) in [6.07, 6.45) is 1.20. The third kappa shape index (κ3) is 3.34. The number of carbonyl (C=O) groups excluding carboxylic acids is 2. The molecule has 0 saturated carbocycles. The van der Waals surface area contributed by atoms with E-state index >= 15 is 0 Å². The Morgan fingerprint density at radius 2 is 2.12 bits per heavy atom. The van der Waals surface area contributed by atoms with Crippen LogP contribution in [-0.2, 0) is 4.79 Å². The molecule has 0 aliphatic carbocycles. The maximum atomic E-state index is 13.1. The highest BCUT2D eigenvalue weighted by Crippen LogP contribution is 2.26. The molecule has 2 aromatic rings. The molecule has 24 heavy (non-hydrogen) atoms. The molecule has 0 atom stereocenters. The van der Waals surface area contributed by atoms with Crippen LogP contribution in [0.25, 0.3) is 10.9 Å². The summed E-state index contributed by atoms with van der Waals surface area (Å²) in [6, 6.07) is 7.11. The zero-order valence-electron chi connectivity index (χ0n) is 13.2. The van der Waals surface area contributed by atoms with E-state index in [9.17, 15) is 18.4 Å². The molecule has 0 spiro atoms. The van der Waals surface area contributed by atoms with Crippen LogP contribution in [0.3, 0.4) is 0 Å². The minimum absolute atomic E-state index is 0.0131. The maximum Gasteiger partial charge on any atom is 0.267 e. The topological polar surface area (TPSA) is 62.3 Å². The van der Waals surface area contributed by atoms with Crippen LogP contribution in [0.4, 0.5) is 8.78 Å². The molecule has 1 aromatic heterocycles. The molecule has 7 heteroatoms. The SMILES string of the molecule is Cc1ccc2c(C(=O)NCC(=O)N3CCC(F)(F)C3)ccnc2c1. The molecule has 2 heterocycles. The van der Waals surface area contributed by atoms with Gasteiger partial charge in [-0.1, -0.05) is 12.1 Å². The number of amides is 2. The molecule has 0 radical (unpaired) electrons. The molecule has 0 bridgehead atoms. The summed E-state index contributed by atoms with van der Waals surface area (Å²) in [6.45, 7) is 1.06. The zero-order valence-corrected chi connectivity index (χ0v) is 13.2. The molecular weight excluding hydrogens is 316 g/mol. The number of carbonyl (C=O) groups is 2. The second kappa shape index (κ2) is 6.14. The molecule has 1 saturated heterocycles. The van der Waals surface area contributed by atoms with Crippen LogP contribution in [0, 0.1) is 6.92 Å². The van der Waals surface area contributed by atoms with Gasteiger partial charge in [0.2, 0.25) is 5.91 Å². The van der Waals surface area contributed by atoms with Crippen molar-refractivity contribution in [2.45, 2.75) is 19.3 Å². The summed E-state index contributed by atoms with van der Waals surface area (Å²) >= 11 is 0. The number of pyridine rings is 1. The normalized spacial score (nSPS) is 16.4. The van der Waals surface area contributed by atoms with Crippen molar-refractivity contribution in [1.82, 2.24) is 15.2 Å². The van der Waals surface area contributed by atoms with Gasteiger partial charge in [0.05, 0.1) is 24.2 Å². The Hall–Kier alpha value is -2.57. The van der Waals surface area contributed by atoms with Crippen molar-refractivity contribution >= 4 is 22.7 Å². The predicted molar refractivity (Wildman–Crippen MR) is 85.0 cm³/mol. The zero-order chi connectivity index (χ0) is 17.3. The summed E-state index contributed by atoms with van der Waals surface area (Å²) in [5, 5.41) is 3.19. The average Bonchev–Trinajstić information content (AvgIpc) is 2.91. The number of aromatic nitrogens is 1. The van der Waals surface area contributed by atoms with Crippen molar-refractivity contribution in [1.29, 1.82) is 0 Å². The lowest BCUT2D eigenvalue weighted by Crippen LogP contribution is -2.40. The highest BCUT2D eigenvalue weighted by atomic mass is 19.3. The van der Waals surface area contributed by atoms with Crippen molar-refractivity contribution in [3.63, 3.8) is 0 Å². The molecular formula is C17H17F2N3O2. The van der Waals surface area contributed by atoms with Crippen molar-refractivity contribution in [3.05, 3.63) is 41.6 Å². The van der Waals surface area contributed by atoms with Gasteiger partial charge in [0.1, 0.15) is 0 Å². The number of hydrogen-bond donors (Lipinski definition) is 1. The lowest BCUT2D eigenvalue weighted by molar-refractivity contribution is -0.130. The van der Waals surface area contributed by atoms with E-state index in [1.54, 1.807) is 12.1 Å². The standard InChI is InChI=1S/C17H17F2N3O2/c1-11-2-3-12-13(4-6-20-14(12)8-11)16(24)21-9-15(23)22-7-5-17(18,19)10-22/h2-4,6,8H,5,7,9-10H2,1H3,(H,21,24). The van der Waals surface area contributed by atoms with Gasteiger partial charge in [-0.2, -0.15) is 0 Å². The fourth-order valence-electron chi connectivity index (χ4n) is 2.77. The Bertz CT molecular complexity index is 808. The van der Waals surface area contributed by atoms with Crippen LogP contribution in [0.2, 0.25) is 0 Å². The van der Waals surface area contributed by atoms with E-state index in [0.29, 0.717) is 16.5 Å². The van der Waals surface area contributed by atoms with Crippen LogP contribution in [-0.4, -0.2) is 47.3 Å². The fourth-order valence-corrected chi connectivity index (χ4v) is 2.77. The molecule has 5 nitrogen and oxygen atoms in total. The first-order chi connectivity index (χ1) is 11.4. The van der Waals surface area contributed by atoms with E-state index in [4.69, 9.17) is 0 Å². The van der Waals surface area contributed by atoms with Crippen molar-refractivity contribution in [2.24, 2.45) is 0 Å². The highest BCUT2D eigenvalue weighted by Gasteiger charge is 2.40. The van der Waals surface area contributed by atoms with Crippen LogP contribution in [0.5, 0.6) is 0 Å². The van der Waals surface area contributed by atoms with E-state index in [2.05, 4.69) is 10.3 Å². The Morgan fingerprint density at radius 3 is 2.83 bits per heavy atom. The smallest absolute Gasteiger partial charge is 0.267 e. The van der Waals surface area contributed by atoms with Gasteiger partial charge in [0.25, 0.3) is 11.8 Å². The number of nitrogens with zero attached hydrogens (tertiary/aromatic N) is 2. The number of alkyl halides is 2. The molecule has 0 unspecified atom stereocenters. The third-order valence-electron chi connectivity index (χ3n) is 4.07. The predicted octanol–water partition coefficient (Wildman–Crippen LogP) is 2.14. The number of nitrogens with one attached hydrogen (secondary N) is 1. The summed E-state index contributed by atoms with van der Waals surface area (Å²) in [5.41, 5.74) is 2.12. The number of halogens is 2. The van der Waals surface area contributed by atoms with E-state index < -0.39 is 24.3 Å². The van der Waals surface area contributed by atoms with Gasteiger partial charge in [-0.3, -0.25) is 14.6 Å². The number of rotatable bonds is 3. The highest BCUT2D eigenvalue weighted by molar-refractivity contribution is 6.06. The lowest BCUT2D eigenvalue weighted by atomic mass is 10.1. The van der Waals surface area contributed by atoms with Crippen molar-refractivity contribution in [3.8, 4) is 0 Å². The summed E-state index contributed by atoms with van der Waals surface area (Å²) in [5.74, 6) is -3.76. The van der Waals surface area contributed by atoms with E-state index in [1.165, 1.54) is 6.20 Å². The summed E-state index contributed by atoms with van der Waals surface area (Å²) in [7, 11) is 0. The summed E-state index contributed by atoms with van der Waals surface area (Å²) in [4.78, 5) is 29.6. The largest absolute Gasteiger partial charge is 0.343 e. The Kier molecular flexibility index (Phi) is 4.17. The summed E-state index contributed by atoms with van der Waals surface area (Å²) < 4.78 is 26.3. The minimum Gasteiger partial charge on any atom is -0.343 e. The number of fused-ring (bicyclic) bond motifs is 1. The van der Waals surface area contributed by atoms with Crippen molar-refractivity contribution in [2.75, 3.05) is 19.6 Å². The molecule has 1 aliphatic heterocycles.